The van der Waals surface area contributed by atoms with Crippen molar-refractivity contribution in [3.05, 3.63) is 35.8 Å². The van der Waals surface area contributed by atoms with Gasteiger partial charge in [0.1, 0.15) is 5.82 Å². The van der Waals surface area contributed by atoms with Crippen LogP contribution >= 0.6 is 0 Å². The van der Waals surface area contributed by atoms with Gasteiger partial charge in [0.25, 0.3) is 0 Å². The van der Waals surface area contributed by atoms with Gasteiger partial charge in [0.05, 0.1) is 0 Å². The average molecular weight is 220 g/mol. The second kappa shape index (κ2) is 3.91. The third-order valence-corrected chi connectivity index (χ3v) is 3.05. The fraction of sp³-hybridized carbons (Fsp3) is 0.385. The molecule has 0 fully saturated rings. The molecule has 0 aliphatic carbocycles. The smallest absolute Gasteiger partial charge is 0.132 e. The van der Waals surface area contributed by atoms with Crippen LogP contribution in [-0.2, 0) is 6.42 Å². The van der Waals surface area contributed by atoms with Gasteiger partial charge in [-0.2, -0.15) is 0 Å². The SMILES string of the molecule is CNC(C)(C)Cc1c[nH]c2cccc(F)c12. The van der Waals surface area contributed by atoms with Crippen molar-refractivity contribution in [2.75, 3.05) is 7.05 Å². The summed E-state index contributed by atoms with van der Waals surface area (Å²) in [5.74, 6) is -0.152. The molecule has 1 aromatic heterocycles. The van der Waals surface area contributed by atoms with Gasteiger partial charge in [-0.3, -0.25) is 0 Å². The Hall–Kier alpha value is -1.35. The zero-order valence-corrected chi connectivity index (χ0v) is 9.89. The second-order valence-electron chi connectivity index (χ2n) is 4.79. The van der Waals surface area contributed by atoms with E-state index in [1.165, 1.54) is 6.07 Å². The van der Waals surface area contributed by atoms with Crippen molar-refractivity contribution in [1.29, 1.82) is 0 Å². The summed E-state index contributed by atoms with van der Waals surface area (Å²) in [5.41, 5.74) is 1.85. The number of hydrogen-bond acceptors (Lipinski definition) is 1. The van der Waals surface area contributed by atoms with Crippen molar-refractivity contribution in [1.82, 2.24) is 10.3 Å². The van der Waals surface area contributed by atoms with Crippen molar-refractivity contribution < 1.29 is 4.39 Å². The number of halogens is 1. The van der Waals surface area contributed by atoms with E-state index in [-0.39, 0.29) is 11.4 Å². The number of benzene rings is 1. The summed E-state index contributed by atoms with van der Waals surface area (Å²) in [5, 5.41) is 3.94. The summed E-state index contributed by atoms with van der Waals surface area (Å²) in [6.07, 6.45) is 2.69. The monoisotopic (exact) mass is 220 g/mol. The molecule has 0 unspecified atom stereocenters. The lowest BCUT2D eigenvalue weighted by molar-refractivity contribution is 0.423. The van der Waals surface area contributed by atoms with Gasteiger partial charge in [0, 0.05) is 22.6 Å². The Morgan fingerprint density at radius 2 is 2.12 bits per heavy atom. The zero-order chi connectivity index (χ0) is 11.8. The van der Waals surface area contributed by atoms with E-state index >= 15 is 0 Å². The number of likely N-dealkylation sites (N-methyl/N-ethyl adjacent to an activating group) is 1. The minimum absolute atomic E-state index is 0.0304. The van der Waals surface area contributed by atoms with Crippen molar-refractivity contribution in [2.45, 2.75) is 25.8 Å². The molecule has 16 heavy (non-hydrogen) atoms. The predicted octanol–water partition coefficient (Wildman–Crippen LogP) is 2.85. The highest BCUT2D eigenvalue weighted by atomic mass is 19.1. The molecule has 0 radical (unpaired) electrons. The Balaban J connectivity index is 2.46. The molecule has 1 aromatic carbocycles. The van der Waals surface area contributed by atoms with Crippen molar-refractivity contribution in [2.24, 2.45) is 0 Å². The number of aromatic nitrogens is 1. The number of rotatable bonds is 3. The first-order valence-electron chi connectivity index (χ1n) is 5.47. The Labute approximate surface area is 94.9 Å². The number of nitrogens with one attached hydrogen (secondary N) is 2. The summed E-state index contributed by atoms with van der Waals surface area (Å²) < 4.78 is 13.7. The molecule has 2 nitrogen and oxygen atoms in total. The molecule has 2 aromatic rings. The lowest BCUT2D eigenvalue weighted by Gasteiger charge is -2.23. The van der Waals surface area contributed by atoms with Gasteiger partial charge >= 0.3 is 0 Å². The fourth-order valence-corrected chi connectivity index (χ4v) is 1.91. The molecule has 0 amide bonds. The van der Waals surface area contributed by atoms with E-state index in [0.717, 1.165) is 17.5 Å². The largest absolute Gasteiger partial charge is 0.361 e. The van der Waals surface area contributed by atoms with Gasteiger partial charge in [0.15, 0.2) is 0 Å². The maximum atomic E-state index is 13.7. The number of fused-ring (bicyclic) bond motifs is 1. The first kappa shape index (κ1) is 11.1. The number of H-pyrrole nitrogens is 1. The quantitative estimate of drug-likeness (QED) is 0.818. The normalized spacial score (nSPS) is 12.2. The van der Waals surface area contributed by atoms with E-state index in [4.69, 9.17) is 0 Å². The van der Waals surface area contributed by atoms with Crippen LogP contribution in [-0.4, -0.2) is 17.6 Å². The summed E-state index contributed by atoms with van der Waals surface area (Å²) in [4.78, 5) is 3.11. The summed E-state index contributed by atoms with van der Waals surface area (Å²) in [6.45, 7) is 4.21. The van der Waals surface area contributed by atoms with Crippen LogP contribution in [0.25, 0.3) is 10.9 Å². The second-order valence-corrected chi connectivity index (χ2v) is 4.79. The van der Waals surface area contributed by atoms with Crippen LogP contribution in [0.15, 0.2) is 24.4 Å². The molecule has 0 aliphatic heterocycles. The molecule has 0 spiro atoms. The van der Waals surface area contributed by atoms with E-state index in [1.807, 2.05) is 19.3 Å². The lowest BCUT2D eigenvalue weighted by atomic mass is 9.95. The van der Waals surface area contributed by atoms with Gasteiger partial charge in [0.2, 0.25) is 0 Å². The molecule has 0 saturated carbocycles. The Morgan fingerprint density at radius 3 is 2.81 bits per heavy atom. The topological polar surface area (TPSA) is 27.8 Å². The van der Waals surface area contributed by atoms with Crippen molar-refractivity contribution in [3.63, 3.8) is 0 Å². The number of hydrogen-bond donors (Lipinski definition) is 2. The maximum absolute atomic E-state index is 13.7. The molecular formula is C13H17FN2. The summed E-state index contributed by atoms with van der Waals surface area (Å²) in [6, 6.07) is 5.13. The summed E-state index contributed by atoms with van der Waals surface area (Å²) in [7, 11) is 1.92. The highest BCUT2D eigenvalue weighted by Gasteiger charge is 2.18. The fourth-order valence-electron chi connectivity index (χ4n) is 1.91. The zero-order valence-electron chi connectivity index (χ0n) is 9.89. The molecule has 0 bridgehead atoms. The van der Waals surface area contributed by atoms with Gasteiger partial charge in [-0.05, 0) is 45.0 Å². The van der Waals surface area contributed by atoms with Crippen molar-refractivity contribution >= 4 is 10.9 Å². The third-order valence-electron chi connectivity index (χ3n) is 3.05. The Morgan fingerprint density at radius 1 is 1.38 bits per heavy atom. The van der Waals surface area contributed by atoms with Gasteiger partial charge in [-0.1, -0.05) is 6.07 Å². The van der Waals surface area contributed by atoms with Crippen LogP contribution in [0.5, 0.6) is 0 Å². The molecule has 3 heteroatoms. The van der Waals surface area contributed by atoms with E-state index in [0.29, 0.717) is 5.39 Å². The van der Waals surface area contributed by atoms with Crippen LogP contribution in [0, 0.1) is 5.82 Å². The molecule has 0 atom stereocenters. The predicted molar refractivity (Wildman–Crippen MR) is 65.1 cm³/mol. The molecule has 0 aliphatic rings. The van der Waals surface area contributed by atoms with Crippen molar-refractivity contribution in [3.8, 4) is 0 Å². The van der Waals surface area contributed by atoms with Gasteiger partial charge in [-0.25, -0.2) is 4.39 Å². The standard InChI is InChI=1S/C13H17FN2/c1-13(2,15-3)7-9-8-16-11-6-4-5-10(14)12(9)11/h4-6,8,15-16H,7H2,1-3H3. The minimum atomic E-state index is -0.152. The van der Waals surface area contributed by atoms with E-state index in [9.17, 15) is 4.39 Å². The van der Waals surface area contributed by atoms with Crippen LogP contribution in [0.1, 0.15) is 19.4 Å². The maximum Gasteiger partial charge on any atom is 0.132 e. The highest BCUT2D eigenvalue weighted by molar-refractivity contribution is 5.83. The Bertz CT molecular complexity index is 500. The summed E-state index contributed by atoms with van der Waals surface area (Å²) >= 11 is 0. The minimum Gasteiger partial charge on any atom is -0.361 e. The number of aromatic amines is 1. The lowest BCUT2D eigenvalue weighted by Crippen LogP contribution is -2.38. The molecule has 2 N–H and O–H groups in total. The third kappa shape index (κ3) is 1.95. The van der Waals surface area contributed by atoms with E-state index < -0.39 is 0 Å². The van der Waals surface area contributed by atoms with Crippen LogP contribution in [0.4, 0.5) is 4.39 Å². The van der Waals surface area contributed by atoms with Crippen LogP contribution in [0.2, 0.25) is 0 Å². The van der Waals surface area contributed by atoms with Crippen LogP contribution < -0.4 is 5.32 Å². The van der Waals surface area contributed by atoms with Gasteiger partial charge < -0.3 is 10.3 Å². The highest BCUT2D eigenvalue weighted by Crippen LogP contribution is 2.24. The van der Waals surface area contributed by atoms with E-state index in [1.54, 1.807) is 6.07 Å². The Kier molecular flexibility index (Phi) is 2.72. The first-order valence-corrected chi connectivity index (χ1v) is 5.47. The molecule has 0 saturated heterocycles. The van der Waals surface area contributed by atoms with Crippen LogP contribution in [0.3, 0.4) is 0 Å². The molecule has 1 heterocycles. The average Bonchev–Trinajstić information content (AvgIpc) is 2.62. The van der Waals surface area contributed by atoms with E-state index in [2.05, 4.69) is 24.1 Å². The van der Waals surface area contributed by atoms with Gasteiger partial charge in [-0.15, -0.1) is 0 Å². The molecule has 86 valence electrons. The molecular weight excluding hydrogens is 203 g/mol. The molecule has 2 rings (SSSR count). The first-order chi connectivity index (χ1) is 7.53.